The Balaban J connectivity index is 1.65. The summed E-state index contributed by atoms with van der Waals surface area (Å²) >= 11 is 0. The van der Waals surface area contributed by atoms with Crippen molar-refractivity contribution in [2.75, 3.05) is 7.05 Å². The number of hydrogen-bond acceptors (Lipinski definition) is 2. The van der Waals surface area contributed by atoms with Crippen molar-refractivity contribution in [3.05, 3.63) is 70.5 Å². The van der Waals surface area contributed by atoms with Crippen LogP contribution in [0, 0.1) is 11.7 Å². The summed E-state index contributed by atoms with van der Waals surface area (Å²) in [5.41, 5.74) is -2.27. The molecule has 1 saturated heterocycles. The lowest BCUT2D eigenvalue weighted by Gasteiger charge is -2.34. The molecule has 3 nitrogen and oxygen atoms in total. The predicted octanol–water partition coefficient (Wildman–Crippen LogP) is 7.12. The summed E-state index contributed by atoms with van der Waals surface area (Å²) in [4.78, 5) is 13.9. The zero-order chi connectivity index (χ0) is 26.4. The van der Waals surface area contributed by atoms with E-state index >= 15 is 0 Å². The van der Waals surface area contributed by atoms with Crippen molar-refractivity contribution >= 4 is 5.91 Å². The van der Waals surface area contributed by atoms with Crippen molar-refractivity contribution in [1.82, 2.24) is 4.90 Å². The van der Waals surface area contributed by atoms with Crippen molar-refractivity contribution in [2.24, 2.45) is 5.92 Å². The molecule has 1 aliphatic heterocycles. The van der Waals surface area contributed by atoms with Gasteiger partial charge < -0.3 is 9.64 Å². The smallest absolute Gasteiger partial charge is 0.370 e. The minimum atomic E-state index is -4.95. The molecule has 2 aliphatic rings. The molecule has 0 radical (unpaired) electrons. The Morgan fingerprint density at radius 1 is 0.917 bits per heavy atom. The molecule has 0 bridgehead atoms. The number of halogens is 7. The fourth-order valence-electron chi connectivity index (χ4n) is 5.60. The topological polar surface area (TPSA) is 29.5 Å². The van der Waals surface area contributed by atoms with Gasteiger partial charge in [-0.1, -0.05) is 12.1 Å². The second kappa shape index (κ2) is 9.68. The van der Waals surface area contributed by atoms with Gasteiger partial charge in [0.15, 0.2) is 0 Å². The van der Waals surface area contributed by atoms with Gasteiger partial charge in [-0.25, -0.2) is 4.39 Å². The predicted molar refractivity (Wildman–Crippen MR) is 117 cm³/mol. The van der Waals surface area contributed by atoms with E-state index in [1.807, 2.05) is 0 Å². The molecule has 0 unspecified atom stereocenters. The molecule has 10 heteroatoms. The second-order valence-electron chi connectivity index (χ2n) is 9.59. The first kappa shape index (κ1) is 26.4. The number of hydrogen-bond donors (Lipinski definition) is 0. The number of nitrogens with zero attached hydrogens (tertiary/aromatic N) is 1. The van der Waals surface area contributed by atoms with Gasteiger partial charge in [-0.05, 0) is 73.6 Å². The van der Waals surface area contributed by atoms with Crippen LogP contribution in [0.5, 0.6) is 0 Å². The molecule has 5 atom stereocenters. The quantitative estimate of drug-likeness (QED) is 0.395. The van der Waals surface area contributed by atoms with E-state index in [4.69, 9.17) is 4.74 Å². The van der Waals surface area contributed by atoms with E-state index in [1.165, 1.54) is 19.1 Å². The Kier molecular flexibility index (Phi) is 7.11. The normalized spacial score (nSPS) is 26.0. The summed E-state index contributed by atoms with van der Waals surface area (Å²) in [5, 5.41) is 0. The summed E-state index contributed by atoms with van der Waals surface area (Å²) in [6, 6.07) is 7.21. The molecule has 36 heavy (non-hydrogen) atoms. The number of likely N-dealkylation sites (tertiary alicyclic amines) is 1. The first-order valence-electron chi connectivity index (χ1n) is 11.7. The minimum Gasteiger partial charge on any atom is -0.370 e. The van der Waals surface area contributed by atoms with Gasteiger partial charge in [-0.15, -0.1) is 0 Å². The van der Waals surface area contributed by atoms with Crippen LogP contribution in [0.3, 0.4) is 0 Å². The summed E-state index contributed by atoms with van der Waals surface area (Å²) in [5.74, 6) is -0.772. The Morgan fingerprint density at radius 3 is 2.00 bits per heavy atom. The standard InChI is InChI=1S/C26H26F7NO2/c1-14(16-11-17(25(28,29)30)13-18(12-16)26(31,32)33)36-22-9-7-20(21-8-10-23(35)34(21)2)24(22)15-3-5-19(27)6-4-15/h3-6,11-14,20-22,24H,7-10H2,1-2H3/t14-,20+,21+,22+,24+/m1/s1. The number of rotatable bonds is 5. The molecule has 1 heterocycles. The van der Waals surface area contributed by atoms with Gasteiger partial charge in [0, 0.05) is 25.4 Å². The Labute approximate surface area is 204 Å². The third-order valence-electron chi connectivity index (χ3n) is 7.40. The summed E-state index contributed by atoms with van der Waals surface area (Å²) < 4.78 is 99.8. The van der Waals surface area contributed by atoms with Gasteiger partial charge in [0.1, 0.15) is 5.82 Å². The van der Waals surface area contributed by atoms with Gasteiger partial charge in [-0.3, -0.25) is 4.79 Å². The first-order valence-corrected chi connectivity index (χ1v) is 11.7. The van der Waals surface area contributed by atoms with E-state index in [2.05, 4.69) is 0 Å². The average Bonchev–Trinajstić information content (AvgIpc) is 3.35. The largest absolute Gasteiger partial charge is 0.416 e. The monoisotopic (exact) mass is 517 g/mol. The maximum atomic E-state index is 13.6. The van der Waals surface area contributed by atoms with Crippen molar-refractivity contribution in [3.63, 3.8) is 0 Å². The molecule has 0 N–H and O–H groups in total. The fourth-order valence-corrected chi connectivity index (χ4v) is 5.60. The third-order valence-corrected chi connectivity index (χ3v) is 7.40. The number of amides is 1. The number of carbonyl (C=O) groups is 1. The highest BCUT2D eigenvalue weighted by Crippen LogP contribution is 2.48. The molecular formula is C26H26F7NO2. The van der Waals surface area contributed by atoms with Gasteiger partial charge >= 0.3 is 12.4 Å². The number of alkyl halides is 6. The van der Waals surface area contributed by atoms with Crippen molar-refractivity contribution in [1.29, 1.82) is 0 Å². The maximum absolute atomic E-state index is 13.6. The summed E-state index contributed by atoms with van der Waals surface area (Å²) in [6.07, 6.45) is -9.32. The molecule has 196 valence electrons. The average molecular weight is 517 g/mol. The molecule has 0 aromatic heterocycles. The second-order valence-corrected chi connectivity index (χ2v) is 9.59. The third kappa shape index (κ3) is 5.38. The summed E-state index contributed by atoms with van der Waals surface area (Å²) in [6.45, 7) is 1.43. The van der Waals surface area contributed by atoms with Crippen LogP contribution in [0.15, 0.2) is 42.5 Å². The van der Waals surface area contributed by atoms with Crippen molar-refractivity contribution < 1.29 is 40.3 Å². The van der Waals surface area contributed by atoms with E-state index in [-0.39, 0.29) is 35.4 Å². The van der Waals surface area contributed by atoms with E-state index in [0.29, 0.717) is 37.8 Å². The Morgan fingerprint density at radius 2 is 1.50 bits per heavy atom. The molecule has 0 spiro atoms. The highest BCUT2D eigenvalue weighted by Gasteiger charge is 2.46. The van der Waals surface area contributed by atoms with Gasteiger partial charge in [0.25, 0.3) is 0 Å². The van der Waals surface area contributed by atoms with E-state index in [0.717, 1.165) is 5.56 Å². The number of ether oxygens (including phenoxy) is 1. The Hall–Kier alpha value is -2.62. The van der Waals surface area contributed by atoms with Crippen LogP contribution in [0.4, 0.5) is 30.7 Å². The van der Waals surface area contributed by atoms with E-state index < -0.39 is 41.5 Å². The van der Waals surface area contributed by atoms with E-state index in [9.17, 15) is 35.5 Å². The highest BCUT2D eigenvalue weighted by molar-refractivity contribution is 5.78. The number of benzene rings is 2. The van der Waals surface area contributed by atoms with Crippen molar-refractivity contribution in [2.45, 2.75) is 69.1 Å². The maximum Gasteiger partial charge on any atom is 0.416 e. The van der Waals surface area contributed by atoms with Crippen LogP contribution in [-0.4, -0.2) is 30.0 Å². The van der Waals surface area contributed by atoms with Crippen LogP contribution >= 0.6 is 0 Å². The molecular weight excluding hydrogens is 491 g/mol. The van der Waals surface area contributed by atoms with Gasteiger partial charge in [-0.2, -0.15) is 26.3 Å². The SMILES string of the molecule is C[C@@H](O[C@H]1CC[C@@H]([C@@H]2CCC(=O)N2C)[C@@H]1c1ccc(F)cc1)c1cc(C(F)(F)F)cc(C(F)(F)F)c1. The Bertz CT molecular complexity index is 1060. The molecule has 1 saturated carbocycles. The van der Waals surface area contributed by atoms with E-state index in [1.54, 1.807) is 24.1 Å². The van der Waals surface area contributed by atoms with Crippen molar-refractivity contribution in [3.8, 4) is 0 Å². The minimum absolute atomic E-state index is 0.0132. The first-order chi connectivity index (χ1) is 16.8. The highest BCUT2D eigenvalue weighted by atomic mass is 19.4. The summed E-state index contributed by atoms with van der Waals surface area (Å²) in [7, 11) is 1.72. The van der Waals surface area contributed by atoms with Gasteiger partial charge in [0.2, 0.25) is 5.91 Å². The van der Waals surface area contributed by atoms with Crippen LogP contribution in [0.2, 0.25) is 0 Å². The van der Waals surface area contributed by atoms with Crippen LogP contribution in [0.1, 0.15) is 66.9 Å². The number of carbonyl (C=O) groups excluding carboxylic acids is 1. The van der Waals surface area contributed by atoms with Crippen LogP contribution in [-0.2, 0) is 21.9 Å². The molecule has 1 aliphatic carbocycles. The molecule has 4 rings (SSSR count). The molecule has 1 amide bonds. The lowest BCUT2D eigenvalue weighted by Crippen LogP contribution is -2.37. The molecule has 2 fully saturated rings. The lowest BCUT2D eigenvalue weighted by molar-refractivity contribution is -0.143. The zero-order valence-electron chi connectivity index (χ0n) is 19.7. The lowest BCUT2D eigenvalue weighted by atomic mass is 9.82. The molecule has 2 aromatic carbocycles. The zero-order valence-corrected chi connectivity index (χ0v) is 19.7. The fraction of sp³-hybridized carbons (Fsp3) is 0.500. The van der Waals surface area contributed by atoms with Gasteiger partial charge in [0.05, 0.1) is 23.3 Å². The molecule has 2 aromatic rings. The van der Waals surface area contributed by atoms with Crippen LogP contribution < -0.4 is 0 Å². The van der Waals surface area contributed by atoms with Crippen LogP contribution in [0.25, 0.3) is 0 Å².